The first-order valence-electron chi connectivity index (χ1n) is 7.78. The van der Waals surface area contributed by atoms with Crippen molar-refractivity contribution in [1.29, 1.82) is 0 Å². The summed E-state index contributed by atoms with van der Waals surface area (Å²) in [6, 6.07) is 5.45. The molecule has 0 aromatic heterocycles. The van der Waals surface area contributed by atoms with Gasteiger partial charge >= 0.3 is 0 Å². The van der Waals surface area contributed by atoms with Crippen molar-refractivity contribution in [3.63, 3.8) is 0 Å². The van der Waals surface area contributed by atoms with Gasteiger partial charge in [-0.2, -0.15) is 8.42 Å². The Hall–Kier alpha value is -1.31. The van der Waals surface area contributed by atoms with Crippen LogP contribution in [0.3, 0.4) is 0 Å². The molecule has 1 aromatic rings. The molecule has 0 saturated carbocycles. The average Bonchev–Trinajstić information content (AvgIpc) is 2.53. The number of anilines is 1. The first-order chi connectivity index (χ1) is 10.6. The first kappa shape index (κ1) is 18.0. The van der Waals surface area contributed by atoms with E-state index in [0.717, 1.165) is 44.5 Å². The zero-order valence-electron chi connectivity index (χ0n) is 13.1. The number of guanidine groups is 1. The van der Waals surface area contributed by atoms with Crippen molar-refractivity contribution in [2.45, 2.75) is 31.1 Å². The molecule has 1 fully saturated rings. The fraction of sp³-hybridized carbons (Fsp3) is 0.533. The van der Waals surface area contributed by atoms with Crippen molar-refractivity contribution in [3.8, 4) is 0 Å². The lowest BCUT2D eigenvalue weighted by molar-refractivity contribution is 0.372. The predicted octanol–water partition coefficient (Wildman–Crippen LogP) is 1.73. The predicted molar refractivity (Wildman–Crippen MR) is 94.9 cm³/mol. The number of nitrogens with zero attached hydrogens (tertiary/aromatic N) is 1. The van der Waals surface area contributed by atoms with Crippen LogP contribution in [-0.4, -0.2) is 34.0 Å². The van der Waals surface area contributed by atoms with E-state index in [9.17, 15) is 8.42 Å². The molecule has 0 aliphatic carbocycles. The minimum atomic E-state index is -3.63. The van der Waals surface area contributed by atoms with Gasteiger partial charge in [-0.25, -0.2) is 0 Å². The minimum Gasteiger partial charge on any atom is -0.355 e. The Labute approximate surface area is 143 Å². The molecule has 0 radical (unpaired) electrons. The van der Waals surface area contributed by atoms with Crippen LogP contribution >= 0.6 is 12.4 Å². The van der Waals surface area contributed by atoms with E-state index in [1.165, 1.54) is 0 Å². The molecule has 2 aliphatic heterocycles. The summed E-state index contributed by atoms with van der Waals surface area (Å²) in [6.45, 7) is 4.78. The third-order valence-electron chi connectivity index (χ3n) is 4.21. The average molecular weight is 359 g/mol. The highest BCUT2D eigenvalue weighted by molar-refractivity contribution is 7.90. The number of hydrogen-bond donors (Lipinski definition) is 3. The van der Waals surface area contributed by atoms with Crippen LogP contribution in [0.4, 0.5) is 5.69 Å². The van der Waals surface area contributed by atoms with Crippen molar-refractivity contribution in [3.05, 3.63) is 23.8 Å². The molecule has 0 atom stereocenters. The van der Waals surface area contributed by atoms with Crippen LogP contribution in [0, 0.1) is 5.92 Å². The molecule has 23 heavy (non-hydrogen) atoms. The molecule has 0 spiro atoms. The molecule has 6 nitrogen and oxygen atoms in total. The topological polar surface area (TPSA) is 82.6 Å². The third kappa shape index (κ3) is 4.16. The maximum Gasteiger partial charge on any atom is 0.287 e. The summed E-state index contributed by atoms with van der Waals surface area (Å²) >= 11 is 0. The van der Waals surface area contributed by atoms with Crippen molar-refractivity contribution in [2.75, 3.05) is 25.0 Å². The second-order valence-electron chi connectivity index (χ2n) is 5.80. The summed E-state index contributed by atoms with van der Waals surface area (Å²) in [5.74, 6) is 0.882. The van der Waals surface area contributed by atoms with Crippen LogP contribution in [-0.2, 0) is 16.4 Å². The fourth-order valence-electron chi connectivity index (χ4n) is 2.83. The number of sulfonamides is 1. The van der Waals surface area contributed by atoms with Crippen LogP contribution in [0.25, 0.3) is 0 Å². The smallest absolute Gasteiger partial charge is 0.287 e. The Morgan fingerprint density at radius 3 is 2.74 bits per heavy atom. The van der Waals surface area contributed by atoms with Crippen LogP contribution in [0.1, 0.15) is 25.3 Å². The Balaban J connectivity index is 0.00000192. The molecule has 2 heterocycles. The van der Waals surface area contributed by atoms with E-state index in [2.05, 4.69) is 20.3 Å². The number of fused-ring (bicyclic) bond motifs is 1. The van der Waals surface area contributed by atoms with Crippen molar-refractivity contribution in [2.24, 2.45) is 10.3 Å². The number of piperidine rings is 1. The second kappa shape index (κ2) is 7.51. The van der Waals surface area contributed by atoms with Crippen molar-refractivity contribution < 1.29 is 8.42 Å². The molecular formula is C15H23ClN4O2S. The molecule has 3 N–H and O–H groups in total. The molecule has 1 saturated heterocycles. The standard InChI is InChI=1S/C15H22N4O2S.ClH/c1-2-11-3-4-13-14(9-11)22(20,21)19-15(18-13)17-10-12-5-7-16-8-6-12;/h3-4,9,12,16H,2,5-8,10H2,1H3,(H2,17,18,19);1H. The Bertz CT molecular complexity index is 685. The van der Waals surface area contributed by atoms with Gasteiger partial charge in [-0.3, -0.25) is 0 Å². The summed E-state index contributed by atoms with van der Waals surface area (Å²) in [6.07, 6.45) is 3.00. The fourth-order valence-corrected chi connectivity index (χ4v) is 3.97. The van der Waals surface area contributed by atoms with E-state index >= 15 is 0 Å². The number of nitrogens with one attached hydrogen (secondary N) is 3. The number of rotatable bonds is 3. The molecule has 1 aromatic carbocycles. The molecule has 0 amide bonds. The zero-order valence-corrected chi connectivity index (χ0v) is 14.8. The summed E-state index contributed by atoms with van der Waals surface area (Å²) in [4.78, 5) is 0.263. The monoisotopic (exact) mass is 358 g/mol. The van der Waals surface area contributed by atoms with E-state index in [-0.39, 0.29) is 17.3 Å². The van der Waals surface area contributed by atoms with Crippen LogP contribution < -0.4 is 16.0 Å². The lowest BCUT2D eigenvalue weighted by atomic mass is 9.98. The highest BCUT2D eigenvalue weighted by Crippen LogP contribution is 2.28. The van der Waals surface area contributed by atoms with E-state index in [0.29, 0.717) is 17.6 Å². The lowest BCUT2D eigenvalue weighted by Gasteiger charge is -2.25. The Morgan fingerprint density at radius 1 is 1.30 bits per heavy atom. The largest absolute Gasteiger partial charge is 0.355 e. The molecule has 2 aliphatic rings. The van der Waals surface area contributed by atoms with Crippen LogP contribution in [0.15, 0.2) is 27.5 Å². The SMILES string of the molecule is CCc1ccc2c(c1)S(=O)(=O)N=C(NCC1CCNCC1)N2.Cl. The summed E-state index contributed by atoms with van der Waals surface area (Å²) in [7, 11) is -3.63. The van der Waals surface area contributed by atoms with Gasteiger partial charge in [-0.15, -0.1) is 16.8 Å². The van der Waals surface area contributed by atoms with Gasteiger partial charge in [0.15, 0.2) is 0 Å². The van der Waals surface area contributed by atoms with Crippen molar-refractivity contribution >= 4 is 34.1 Å². The molecular weight excluding hydrogens is 336 g/mol. The maximum absolute atomic E-state index is 12.3. The molecule has 128 valence electrons. The Morgan fingerprint density at radius 2 is 2.04 bits per heavy atom. The van der Waals surface area contributed by atoms with Crippen LogP contribution in [0.2, 0.25) is 0 Å². The zero-order chi connectivity index (χ0) is 15.6. The molecule has 0 bridgehead atoms. The number of benzene rings is 1. The number of aryl methyl sites for hydroxylation is 1. The van der Waals surface area contributed by atoms with Gasteiger partial charge in [-0.1, -0.05) is 13.0 Å². The first-order valence-corrected chi connectivity index (χ1v) is 9.22. The lowest BCUT2D eigenvalue weighted by Crippen LogP contribution is -2.40. The van der Waals surface area contributed by atoms with Crippen LogP contribution in [0.5, 0.6) is 0 Å². The highest BCUT2D eigenvalue weighted by Gasteiger charge is 2.25. The van der Waals surface area contributed by atoms with Gasteiger partial charge in [0.05, 0.1) is 5.69 Å². The van der Waals surface area contributed by atoms with Gasteiger partial charge in [0.2, 0.25) is 5.96 Å². The normalized spacial score (nSPS) is 19.8. The molecule has 8 heteroatoms. The van der Waals surface area contributed by atoms with Gasteiger partial charge in [0, 0.05) is 6.54 Å². The Kier molecular flexibility index (Phi) is 5.89. The van der Waals surface area contributed by atoms with E-state index < -0.39 is 10.0 Å². The van der Waals surface area contributed by atoms with Gasteiger partial charge in [0.1, 0.15) is 4.90 Å². The quantitative estimate of drug-likeness (QED) is 0.766. The van der Waals surface area contributed by atoms with E-state index in [1.54, 1.807) is 6.07 Å². The van der Waals surface area contributed by atoms with E-state index in [1.807, 2.05) is 19.1 Å². The van der Waals surface area contributed by atoms with E-state index in [4.69, 9.17) is 0 Å². The van der Waals surface area contributed by atoms with Gasteiger partial charge < -0.3 is 16.0 Å². The maximum atomic E-state index is 12.3. The third-order valence-corrected chi connectivity index (χ3v) is 5.53. The number of hydrogen-bond acceptors (Lipinski definition) is 5. The van der Waals surface area contributed by atoms with Gasteiger partial charge in [0.25, 0.3) is 10.0 Å². The number of halogens is 1. The highest BCUT2D eigenvalue weighted by atomic mass is 35.5. The molecule has 0 unspecified atom stereocenters. The van der Waals surface area contributed by atoms with Crippen molar-refractivity contribution in [1.82, 2.24) is 10.6 Å². The second-order valence-corrected chi connectivity index (χ2v) is 7.37. The van der Waals surface area contributed by atoms with Gasteiger partial charge in [-0.05, 0) is 56.0 Å². The molecule has 3 rings (SSSR count). The summed E-state index contributed by atoms with van der Waals surface area (Å²) < 4.78 is 28.5. The summed E-state index contributed by atoms with van der Waals surface area (Å²) in [5, 5.41) is 9.56. The minimum absolute atomic E-state index is 0. The summed E-state index contributed by atoms with van der Waals surface area (Å²) in [5.41, 5.74) is 1.59.